The van der Waals surface area contributed by atoms with E-state index in [0.717, 1.165) is 22.6 Å². The lowest BCUT2D eigenvalue weighted by molar-refractivity contribution is 0.102. The molecule has 0 spiro atoms. The maximum absolute atomic E-state index is 12.9. The zero-order chi connectivity index (χ0) is 26.2. The zero-order valence-corrected chi connectivity index (χ0v) is 24.8. The first-order chi connectivity index (χ1) is 17.4. The van der Waals surface area contributed by atoms with E-state index in [4.69, 9.17) is 12.2 Å². The molecule has 0 saturated heterocycles. The first-order valence-electron chi connectivity index (χ1n) is 13.5. The Hall–Kier alpha value is -1.50. The van der Waals surface area contributed by atoms with Crippen LogP contribution in [0.2, 0.25) is 0 Å². The Balaban J connectivity index is 1.73. The predicted octanol–water partition coefficient (Wildman–Crippen LogP) is 8.84. The van der Waals surface area contributed by atoms with Gasteiger partial charge in [-0.15, -0.1) is 11.8 Å². The van der Waals surface area contributed by atoms with Crippen molar-refractivity contribution in [1.82, 2.24) is 5.32 Å². The summed E-state index contributed by atoms with van der Waals surface area (Å²) in [6, 6.07) is 13.8. The van der Waals surface area contributed by atoms with Crippen molar-refractivity contribution in [2.24, 2.45) is 0 Å². The number of amides is 1. The first-order valence-corrected chi connectivity index (χ1v) is 15.4. The molecule has 1 amide bonds. The Morgan fingerprint density at radius 1 is 0.917 bits per heavy atom. The van der Waals surface area contributed by atoms with Gasteiger partial charge in [0, 0.05) is 33.5 Å². The van der Waals surface area contributed by atoms with E-state index >= 15 is 0 Å². The molecule has 2 aromatic carbocycles. The van der Waals surface area contributed by atoms with E-state index in [1.807, 2.05) is 55.9 Å². The minimum absolute atomic E-state index is 0.107. The fraction of sp³-hybridized carbons (Fsp3) is 0.533. The molecule has 3 nitrogen and oxygen atoms in total. The van der Waals surface area contributed by atoms with Gasteiger partial charge in [0.25, 0.3) is 5.91 Å². The Morgan fingerprint density at radius 3 is 2.11 bits per heavy atom. The van der Waals surface area contributed by atoms with Crippen LogP contribution in [0.25, 0.3) is 0 Å². The van der Waals surface area contributed by atoms with Crippen LogP contribution in [-0.2, 0) is 0 Å². The minimum Gasteiger partial charge on any atom is -0.375 e. The number of carbonyl (C=O) groups is 1. The molecule has 0 saturated carbocycles. The average molecular weight is 545 g/mol. The number of carbonyl (C=O) groups excluding carboxylic acids is 1. The van der Waals surface area contributed by atoms with Crippen molar-refractivity contribution in [1.29, 1.82) is 0 Å². The van der Waals surface area contributed by atoms with Crippen LogP contribution in [0.1, 0.15) is 99.5 Å². The molecule has 1 unspecified atom stereocenters. The summed E-state index contributed by atoms with van der Waals surface area (Å²) in [5.41, 5.74) is 3.33. The van der Waals surface area contributed by atoms with Crippen molar-refractivity contribution in [2.45, 2.75) is 95.1 Å². The topological polar surface area (TPSA) is 41.1 Å². The zero-order valence-electron chi connectivity index (χ0n) is 22.3. The highest BCUT2D eigenvalue weighted by Crippen LogP contribution is 2.22. The number of hydrogen-bond donors (Lipinski definition) is 3. The van der Waals surface area contributed by atoms with E-state index in [1.54, 1.807) is 0 Å². The molecule has 0 radical (unpaired) electrons. The van der Waals surface area contributed by atoms with Crippen molar-refractivity contribution in [3.05, 3.63) is 59.2 Å². The molecule has 36 heavy (non-hydrogen) atoms. The van der Waals surface area contributed by atoms with Crippen molar-refractivity contribution in [2.75, 3.05) is 17.6 Å². The number of rotatable bonds is 17. The van der Waals surface area contributed by atoms with Gasteiger partial charge in [0.2, 0.25) is 0 Å². The van der Waals surface area contributed by atoms with Gasteiger partial charge < -0.3 is 10.6 Å². The monoisotopic (exact) mass is 544 g/mol. The number of unbranched alkanes of at least 4 members (excludes halogenated alkanes) is 9. The lowest BCUT2D eigenvalue weighted by Crippen LogP contribution is -2.27. The van der Waals surface area contributed by atoms with E-state index in [2.05, 4.69) is 42.3 Å². The molecule has 0 aromatic heterocycles. The average Bonchev–Trinajstić information content (AvgIpc) is 2.87. The molecule has 0 bridgehead atoms. The molecule has 1 atom stereocenters. The summed E-state index contributed by atoms with van der Waals surface area (Å²) in [6.45, 7) is 6.97. The molecule has 2 aromatic rings. The van der Waals surface area contributed by atoms with Crippen molar-refractivity contribution in [3.63, 3.8) is 0 Å². The summed E-state index contributed by atoms with van der Waals surface area (Å²) in [4.78, 5) is 14.7. The van der Waals surface area contributed by atoms with Crippen LogP contribution >= 0.6 is 36.6 Å². The Morgan fingerprint density at radius 2 is 1.50 bits per heavy atom. The molecule has 198 valence electrons. The normalized spacial score (nSPS) is 11.8. The Bertz CT molecular complexity index is 928. The fourth-order valence-corrected chi connectivity index (χ4v) is 5.13. The van der Waals surface area contributed by atoms with Gasteiger partial charge in [-0.05, 0) is 55.0 Å². The molecule has 2 rings (SSSR count). The SMILES string of the molecule is CCCCCCCCCCCCSc1ccc(C(=O)Nc2cc(C(=S)NCC(C)S)ccc2C)cc1. The number of aryl methyl sites for hydroxylation is 1. The van der Waals surface area contributed by atoms with Gasteiger partial charge in [-0.2, -0.15) is 12.6 Å². The van der Waals surface area contributed by atoms with Crippen molar-refractivity contribution in [3.8, 4) is 0 Å². The number of hydrogen-bond acceptors (Lipinski definition) is 4. The molecule has 0 aliphatic rings. The van der Waals surface area contributed by atoms with Crippen LogP contribution in [0, 0.1) is 6.92 Å². The second-order valence-electron chi connectivity index (χ2n) is 9.60. The summed E-state index contributed by atoms with van der Waals surface area (Å²) >= 11 is 11.8. The third kappa shape index (κ3) is 12.2. The maximum atomic E-state index is 12.9. The molecule has 0 heterocycles. The first kappa shape index (κ1) is 30.7. The van der Waals surface area contributed by atoms with Gasteiger partial charge in [0.1, 0.15) is 4.99 Å². The van der Waals surface area contributed by atoms with Gasteiger partial charge in [0.05, 0.1) is 0 Å². The highest BCUT2D eigenvalue weighted by Gasteiger charge is 2.11. The van der Waals surface area contributed by atoms with Crippen molar-refractivity contribution >= 4 is 53.2 Å². The van der Waals surface area contributed by atoms with Crippen LogP contribution in [0.5, 0.6) is 0 Å². The van der Waals surface area contributed by atoms with Crippen LogP contribution in [0.4, 0.5) is 5.69 Å². The van der Waals surface area contributed by atoms with E-state index in [0.29, 0.717) is 17.1 Å². The lowest BCUT2D eigenvalue weighted by atomic mass is 10.1. The number of anilines is 1. The number of nitrogens with one attached hydrogen (secondary N) is 2. The van der Waals surface area contributed by atoms with Gasteiger partial charge in [-0.25, -0.2) is 0 Å². The standard InChI is InChI=1S/C30H44N2OS3/c1-4-5-6-7-8-9-10-11-12-13-20-36-27-18-16-25(17-19-27)29(33)32-28-21-26(15-14-23(28)2)30(35)31-22-24(3)34/h14-19,21,24,34H,4-13,20,22H2,1-3H3,(H,31,35)(H,32,33). The molecule has 6 heteroatoms. The highest BCUT2D eigenvalue weighted by atomic mass is 32.2. The third-order valence-corrected chi connectivity index (χ3v) is 7.85. The summed E-state index contributed by atoms with van der Waals surface area (Å²) in [7, 11) is 0. The predicted molar refractivity (Wildman–Crippen MR) is 166 cm³/mol. The Labute approximate surface area is 234 Å². The smallest absolute Gasteiger partial charge is 0.255 e. The van der Waals surface area contributed by atoms with Gasteiger partial charge >= 0.3 is 0 Å². The molecular formula is C30H44N2OS3. The summed E-state index contributed by atoms with van der Waals surface area (Å²) in [5.74, 6) is 1.03. The highest BCUT2D eigenvalue weighted by molar-refractivity contribution is 7.99. The third-order valence-electron chi connectivity index (χ3n) is 6.19. The molecule has 0 aliphatic heterocycles. The number of benzene rings is 2. The van der Waals surface area contributed by atoms with Crippen LogP contribution in [0.3, 0.4) is 0 Å². The number of thioether (sulfide) groups is 1. The van der Waals surface area contributed by atoms with Crippen LogP contribution in [0.15, 0.2) is 47.4 Å². The van der Waals surface area contributed by atoms with Gasteiger partial charge in [-0.3, -0.25) is 4.79 Å². The van der Waals surface area contributed by atoms with E-state index < -0.39 is 0 Å². The second-order valence-corrected chi connectivity index (χ2v) is 12.1. The van der Waals surface area contributed by atoms with E-state index in [9.17, 15) is 4.79 Å². The molecular weight excluding hydrogens is 501 g/mol. The largest absolute Gasteiger partial charge is 0.375 e. The lowest BCUT2D eigenvalue weighted by Gasteiger charge is -2.13. The van der Waals surface area contributed by atoms with Crippen molar-refractivity contribution < 1.29 is 4.79 Å². The summed E-state index contributed by atoms with van der Waals surface area (Å²) < 4.78 is 0. The minimum atomic E-state index is -0.107. The summed E-state index contributed by atoms with van der Waals surface area (Å²) in [6.07, 6.45) is 13.6. The fourth-order valence-electron chi connectivity index (χ4n) is 3.92. The number of thiocarbonyl (C=S) groups is 1. The second kappa shape index (κ2) is 17.9. The quantitative estimate of drug-likeness (QED) is 0.0805. The molecule has 2 N–H and O–H groups in total. The summed E-state index contributed by atoms with van der Waals surface area (Å²) in [5, 5.41) is 6.48. The van der Waals surface area contributed by atoms with E-state index in [1.165, 1.54) is 69.1 Å². The number of thiol groups is 1. The molecule has 0 fully saturated rings. The van der Waals surface area contributed by atoms with Gasteiger partial charge in [-0.1, -0.05) is 96.0 Å². The Kier molecular flexibility index (Phi) is 15.2. The van der Waals surface area contributed by atoms with Gasteiger partial charge in [0.15, 0.2) is 0 Å². The van der Waals surface area contributed by atoms with Crippen LogP contribution < -0.4 is 10.6 Å². The molecule has 0 aliphatic carbocycles. The van der Waals surface area contributed by atoms with E-state index in [-0.39, 0.29) is 11.2 Å². The van der Waals surface area contributed by atoms with Crippen LogP contribution in [-0.4, -0.2) is 28.4 Å². The maximum Gasteiger partial charge on any atom is 0.255 e.